The molecule has 1 saturated carbocycles. The van der Waals surface area contributed by atoms with Crippen molar-refractivity contribution in [3.63, 3.8) is 0 Å². The summed E-state index contributed by atoms with van der Waals surface area (Å²) in [5.41, 5.74) is -0.252. The molecule has 0 spiro atoms. The van der Waals surface area contributed by atoms with E-state index in [0.717, 1.165) is 29.5 Å². The van der Waals surface area contributed by atoms with Gasteiger partial charge in [-0.1, -0.05) is 11.8 Å². The molecule has 1 aromatic rings. The Bertz CT molecular complexity index is 576. The molecule has 9 heteroatoms. The van der Waals surface area contributed by atoms with Crippen LogP contribution in [0.2, 0.25) is 0 Å². The third-order valence-electron chi connectivity index (χ3n) is 2.97. The van der Waals surface area contributed by atoms with Gasteiger partial charge in [0.25, 0.3) is 0 Å². The van der Waals surface area contributed by atoms with E-state index in [-0.39, 0.29) is 36.5 Å². The van der Waals surface area contributed by atoms with Crippen LogP contribution in [0, 0.1) is 0 Å². The topological polar surface area (TPSA) is 97.3 Å². The van der Waals surface area contributed by atoms with E-state index in [1.165, 1.54) is 0 Å². The molecule has 1 aromatic heterocycles. The van der Waals surface area contributed by atoms with E-state index in [4.69, 9.17) is 4.74 Å². The maximum absolute atomic E-state index is 11.8. The molecule has 1 aliphatic heterocycles. The number of hydrogen-bond acceptors (Lipinski definition) is 6. The number of aromatic nitrogens is 3. The SMILES string of the molecule is O=C(CSc1n[nH]c(=O)n1C1CC1)N1CCOC1=O. The number of cyclic esters (lactones) is 1. The largest absolute Gasteiger partial charge is 0.447 e. The van der Waals surface area contributed by atoms with E-state index in [9.17, 15) is 14.4 Å². The lowest BCUT2D eigenvalue weighted by molar-refractivity contribution is -0.125. The number of aromatic amines is 1. The second kappa shape index (κ2) is 4.72. The Kier molecular flexibility index (Phi) is 3.05. The fourth-order valence-corrected chi connectivity index (χ4v) is 2.76. The summed E-state index contributed by atoms with van der Waals surface area (Å²) in [4.78, 5) is 35.6. The fourth-order valence-electron chi connectivity index (χ4n) is 1.87. The van der Waals surface area contributed by atoms with Crippen LogP contribution in [0.25, 0.3) is 0 Å². The molecule has 102 valence electrons. The summed E-state index contributed by atoms with van der Waals surface area (Å²) in [6.07, 6.45) is 1.31. The van der Waals surface area contributed by atoms with Crippen molar-refractivity contribution >= 4 is 23.8 Å². The third kappa shape index (κ3) is 2.37. The van der Waals surface area contributed by atoms with E-state index >= 15 is 0 Å². The minimum absolute atomic E-state index is 0.0616. The molecular formula is C10H12N4O4S. The first kappa shape index (κ1) is 12.3. The molecule has 2 amide bonds. The minimum atomic E-state index is -0.604. The van der Waals surface area contributed by atoms with Gasteiger partial charge in [0.1, 0.15) is 6.61 Å². The fraction of sp³-hybridized carbons (Fsp3) is 0.600. The summed E-state index contributed by atoms with van der Waals surface area (Å²) in [6.45, 7) is 0.526. The van der Waals surface area contributed by atoms with Gasteiger partial charge < -0.3 is 4.74 Å². The zero-order valence-electron chi connectivity index (χ0n) is 10.00. The smallest absolute Gasteiger partial charge is 0.416 e. The zero-order valence-corrected chi connectivity index (χ0v) is 10.8. The molecule has 0 atom stereocenters. The standard InChI is InChI=1S/C10H12N4O4S/c15-7(13-3-4-18-10(13)17)5-19-9-12-11-8(16)14(9)6-1-2-6/h6H,1-5H2,(H,11,16). The highest BCUT2D eigenvalue weighted by Gasteiger charge is 2.31. The van der Waals surface area contributed by atoms with Crippen LogP contribution in [-0.2, 0) is 9.53 Å². The van der Waals surface area contributed by atoms with Gasteiger partial charge in [-0.2, -0.15) is 0 Å². The van der Waals surface area contributed by atoms with E-state index in [2.05, 4.69) is 10.2 Å². The van der Waals surface area contributed by atoms with Gasteiger partial charge in [0.2, 0.25) is 5.91 Å². The average Bonchev–Trinajstić information content (AvgIpc) is 3.02. The summed E-state index contributed by atoms with van der Waals surface area (Å²) in [5, 5.41) is 6.77. The van der Waals surface area contributed by atoms with Gasteiger partial charge >= 0.3 is 11.8 Å². The summed E-state index contributed by atoms with van der Waals surface area (Å²) < 4.78 is 6.26. The maximum atomic E-state index is 11.8. The second-order valence-electron chi connectivity index (χ2n) is 4.36. The second-order valence-corrected chi connectivity index (χ2v) is 5.30. The van der Waals surface area contributed by atoms with Crippen LogP contribution in [0.5, 0.6) is 0 Å². The van der Waals surface area contributed by atoms with Crippen molar-refractivity contribution in [2.75, 3.05) is 18.9 Å². The molecule has 1 N–H and O–H groups in total. The molecule has 19 heavy (non-hydrogen) atoms. The van der Waals surface area contributed by atoms with Gasteiger partial charge in [-0.25, -0.2) is 19.6 Å². The molecule has 2 fully saturated rings. The summed E-state index contributed by atoms with van der Waals surface area (Å²) in [6, 6.07) is 0.195. The van der Waals surface area contributed by atoms with Crippen LogP contribution >= 0.6 is 11.8 Å². The Morgan fingerprint density at radius 2 is 2.26 bits per heavy atom. The molecule has 3 rings (SSSR count). The Morgan fingerprint density at radius 3 is 2.89 bits per heavy atom. The Labute approximate surface area is 112 Å². The molecule has 0 radical (unpaired) electrons. The van der Waals surface area contributed by atoms with Crippen molar-refractivity contribution in [1.29, 1.82) is 0 Å². The highest BCUT2D eigenvalue weighted by molar-refractivity contribution is 7.99. The monoisotopic (exact) mass is 284 g/mol. The normalized spacial score (nSPS) is 18.7. The number of nitrogens with zero attached hydrogens (tertiary/aromatic N) is 3. The van der Waals surface area contributed by atoms with E-state index in [0.29, 0.717) is 5.16 Å². The van der Waals surface area contributed by atoms with Gasteiger partial charge in [-0.15, -0.1) is 5.10 Å². The van der Waals surface area contributed by atoms with Crippen LogP contribution in [0.3, 0.4) is 0 Å². The number of hydrogen-bond donors (Lipinski definition) is 1. The minimum Gasteiger partial charge on any atom is -0.447 e. The highest BCUT2D eigenvalue weighted by atomic mass is 32.2. The molecule has 8 nitrogen and oxygen atoms in total. The molecule has 1 saturated heterocycles. The summed E-state index contributed by atoms with van der Waals surface area (Å²) in [7, 11) is 0. The number of H-pyrrole nitrogens is 1. The Balaban J connectivity index is 1.64. The van der Waals surface area contributed by atoms with E-state index < -0.39 is 6.09 Å². The Hall–Kier alpha value is -1.77. The molecular weight excluding hydrogens is 272 g/mol. The van der Waals surface area contributed by atoms with Crippen LogP contribution in [0.1, 0.15) is 18.9 Å². The molecule has 1 aliphatic carbocycles. The molecule has 2 heterocycles. The number of rotatable bonds is 4. The van der Waals surface area contributed by atoms with Crippen LogP contribution in [-0.4, -0.2) is 50.6 Å². The van der Waals surface area contributed by atoms with Crippen LogP contribution in [0.15, 0.2) is 9.95 Å². The van der Waals surface area contributed by atoms with Crippen molar-refractivity contribution in [3.05, 3.63) is 10.5 Å². The lowest BCUT2D eigenvalue weighted by Crippen LogP contribution is -2.33. The van der Waals surface area contributed by atoms with Gasteiger partial charge in [-0.05, 0) is 12.8 Å². The van der Waals surface area contributed by atoms with E-state index in [1.54, 1.807) is 4.57 Å². The maximum Gasteiger partial charge on any atom is 0.416 e. The third-order valence-corrected chi connectivity index (χ3v) is 3.91. The van der Waals surface area contributed by atoms with Gasteiger partial charge in [0, 0.05) is 6.04 Å². The molecule has 2 aliphatic rings. The predicted octanol–water partition coefficient (Wildman–Crippen LogP) is -0.0228. The summed E-state index contributed by atoms with van der Waals surface area (Å²) >= 11 is 1.15. The van der Waals surface area contributed by atoms with Crippen molar-refractivity contribution in [2.24, 2.45) is 0 Å². The first-order valence-electron chi connectivity index (χ1n) is 5.93. The summed E-state index contributed by atoms with van der Waals surface area (Å²) in [5.74, 6) is -0.267. The molecule has 0 aromatic carbocycles. The lowest BCUT2D eigenvalue weighted by Gasteiger charge is -2.09. The zero-order chi connectivity index (χ0) is 13.4. The van der Waals surface area contributed by atoms with Gasteiger partial charge in [0.15, 0.2) is 5.16 Å². The molecule has 0 bridgehead atoms. The van der Waals surface area contributed by atoms with Crippen molar-refractivity contribution in [3.8, 4) is 0 Å². The van der Waals surface area contributed by atoms with Crippen molar-refractivity contribution in [2.45, 2.75) is 24.0 Å². The van der Waals surface area contributed by atoms with Crippen LogP contribution < -0.4 is 5.69 Å². The van der Waals surface area contributed by atoms with Gasteiger partial charge in [-0.3, -0.25) is 9.36 Å². The lowest BCUT2D eigenvalue weighted by atomic mass is 10.5. The average molecular weight is 284 g/mol. The molecule has 0 unspecified atom stereocenters. The number of carbonyl (C=O) groups is 2. The number of ether oxygens (including phenoxy) is 1. The highest BCUT2D eigenvalue weighted by Crippen LogP contribution is 2.36. The number of amides is 2. The first-order chi connectivity index (χ1) is 9.16. The quantitative estimate of drug-likeness (QED) is 0.780. The number of nitrogens with one attached hydrogen (secondary N) is 1. The predicted molar refractivity (Wildman–Crippen MR) is 64.9 cm³/mol. The van der Waals surface area contributed by atoms with Crippen molar-refractivity contribution < 1.29 is 14.3 Å². The first-order valence-corrected chi connectivity index (χ1v) is 6.92. The number of imide groups is 1. The number of carbonyl (C=O) groups excluding carboxylic acids is 2. The number of thioether (sulfide) groups is 1. The van der Waals surface area contributed by atoms with Crippen molar-refractivity contribution in [1.82, 2.24) is 19.7 Å². The van der Waals surface area contributed by atoms with Crippen LogP contribution in [0.4, 0.5) is 4.79 Å². The Morgan fingerprint density at radius 1 is 1.47 bits per heavy atom. The van der Waals surface area contributed by atoms with Gasteiger partial charge in [0.05, 0.1) is 12.3 Å². The van der Waals surface area contributed by atoms with E-state index in [1.807, 2.05) is 0 Å².